The number of benzene rings is 2. The number of para-hydroxylation sites is 1. The molecule has 3 heteroatoms. The van der Waals surface area contributed by atoms with E-state index in [2.05, 4.69) is 23.5 Å². The molecule has 104 valence electrons. The summed E-state index contributed by atoms with van der Waals surface area (Å²) in [6.07, 6.45) is 4.87. The van der Waals surface area contributed by atoms with Gasteiger partial charge in [-0.2, -0.15) is 0 Å². The van der Waals surface area contributed by atoms with E-state index >= 15 is 0 Å². The summed E-state index contributed by atoms with van der Waals surface area (Å²) >= 11 is 0. The van der Waals surface area contributed by atoms with Crippen LogP contribution >= 0.6 is 0 Å². The van der Waals surface area contributed by atoms with Gasteiger partial charge in [0.05, 0.1) is 18.5 Å². The van der Waals surface area contributed by atoms with Gasteiger partial charge in [0.25, 0.3) is 0 Å². The average molecular weight is 268 g/mol. The van der Waals surface area contributed by atoms with Crippen LogP contribution in [0.1, 0.15) is 24.0 Å². The van der Waals surface area contributed by atoms with E-state index in [1.165, 1.54) is 36.1 Å². The molecular weight excluding hydrogens is 248 g/mol. The molecule has 0 amide bonds. The zero-order chi connectivity index (χ0) is 13.9. The third kappa shape index (κ3) is 2.31. The molecule has 0 bridgehead atoms. The van der Waals surface area contributed by atoms with Gasteiger partial charge >= 0.3 is 0 Å². The number of rotatable bonds is 3. The second kappa shape index (κ2) is 5.45. The first kappa shape index (κ1) is 12.9. The summed E-state index contributed by atoms with van der Waals surface area (Å²) < 4.78 is 5.27. The standard InChI is InChI=1S/C17H20N2O/c1-20-16-11-5-10-15(17(16)18)19-14-9-4-7-12-6-2-3-8-13(12)14/h4-5,7,9-11,19H,2-3,6,8,18H2,1H3. The van der Waals surface area contributed by atoms with Crippen molar-refractivity contribution in [3.63, 3.8) is 0 Å². The minimum Gasteiger partial charge on any atom is -0.495 e. The van der Waals surface area contributed by atoms with E-state index in [9.17, 15) is 0 Å². The molecule has 0 saturated carbocycles. The third-order valence-electron chi connectivity index (χ3n) is 3.95. The molecule has 0 aromatic heterocycles. The molecule has 1 aliphatic carbocycles. The maximum atomic E-state index is 6.13. The molecule has 0 heterocycles. The van der Waals surface area contributed by atoms with Gasteiger partial charge in [-0.05, 0) is 55.0 Å². The molecule has 0 radical (unpaired) electrons. The van der Waals surface area contributed by atoms with Crippen LogP contribution in [0, 0.1) is 0 Å². The molecule has 1 aliphatic rings. The van der Waals surface area contributed by atoms with Crippen molar-refractivity contribution in [1.82, 2.24) is 0 Å². The lowest BCUT2D eigenvalue weighted by Crippen LogP contribution is -2.07. The van der Waals surface area contributed by atoms with Crippen LogP contribution in [0.25, 0.3) is 0 Å². The molecule has 0 unspecified atom stereocenters. The second-order valence-corrected chi connectivity index (χ2v) is 5.20. The number of aryl methyl sites for hydroxylation is 1. The van der Waals surface area contributed by atoms with E-state index in [-0.39, 0.29) is 0 Å². The number of nitrogens with one attached hydrogen (secondary N) is 1. The van der Waals surface area contributed by atoms with Crippen LogP contribution in [0.15, 0.2) is 36.4 Å². The molecule has 0 saturated heterocycles. The Hall–Kier alpha value is -2.16. The highest BCUT2D eigenvalue weighted by Gasteiger charge is 2.14. The molecule has 2 aromatic rings. The molecule has 0 atom stereocenters. The lowest BCUT2D eigenvalue weighted by Gasteiger charge is -2.21. The van der Waals surface area contributed by atoms with Gasteiger partial charge in [-0.25, -0.2) is 0 Å². The topological polar surface area (TPSA) is 47.3 Å². The Morgan fingerprint density at radius 3 is 2.60 bits per heavy atom. The highest BCUT2D eigenvalue weighted by atomic mass is 16.5. The summed E-state index contributed by atoms with van der Waals surface area (Å²) in [6.45, 7) is 0. The van der Waals surface area contributed by atoms with E-state index < -0.39 is 0 Å². The Kier molecular flexibility index (Phi) is 3.50. The number of fused-ring (bicyclic) bond motifs is 1. The first-order chi connectivity index (χ1) is 9.79. The van der Waals surface area contributed by atoms with E-state index in [4.69, 9.17) is 10.5 Å². The van der Waals surface area contributed by atoms with Gasteiger partial charge in [-0.1, -0.05) is 18.2 Å². The van der Waals surface area contributed by atoms with Crippen LogP contribution in [0.4, 0.5) is 17.1 Å². The van der Waals surface area contributed by atoms with E-state index in [0.717, 1.165) is 12.1 Å². The first-order valence-corrected chi connectivity index (χ1v) is 7.10. The summed E-state index contributed by atoms with van der Waals surface area (Å²) in [6, 6.07) is 12.3. The summed E-state index contributed by atoms with van der Waals surface area (Å²) in [4.78, 5) is 0. The number of anilines is 3. The van der Waals surface area contributed by atoms with Gasteiger partial charge in [0.15, 0.2) is 0 Å². The number of hydrogen-bond donors (Lipinski definition) is 2. The highest BCUT2D eigenvalue weighted by molar-refractivity contribution is 5.78. The normalized spacial score (nSPS) is 13.7. The van der Waals surface area contributed by atoms with Crippen molar-refractivity contribution in [1.29, 1.82) is 0 Å². The fraction of sp³-hybridized carbons (Fsp3) is 0.294. The summed E-state index contributed by atoms with van der Waals surface area (Å²) in [5, 5.41) is 3.47. The summed E-state index contributed by atoms with van der Waals surface area (Å²) in [5.74, 6) is 0.708. The van der Waals surface area contributed by atoms with Crippen molar-refractivity contribution in [2.75, 3.05) is 18.2 Å². The lowest BCUT2D eigenvalue weighted by atomic mass is 9.90. The predicted molar refractivity (Wildman–Crippen MR) is 83.8 cm³/mol. The van der Waals surface area contributed by atoms with Crippen LogP contribution in [0.3, 0.4) is 0 Å². The number of hydrogen-bond acceptors (Lipinski definition) is 3. The average Bonchev–Trinajstić information content (AvgIpc) is 2.50. The Morgan fingerprint density at radius 1 is 1.00 bits per heavy atom. The predicted octanol–water partition coefficient (Wildman–Crippen LogP) is 3.90. The highest BCUT2D eigenvalue weighted by Crippen LogP contribution is 2.34. The minimum atomic E-state index is 0.656. The molecular formula is C17H20N2O. The number of ether oxygens (including phenoxy) is 1. The van der Waals surface area contributed by atoms with Crippen LogP contribution < -0.4 is 15.8 Å². The van der Waals surface area contributed by atoms with E-state index in [1.807, 2.05) is 18.2 Å². The monoisotopic (exact) mass is 268 g/mol. The molecule has 3 rings (SSSR count). The summed E-state index contributed by atoms with van der Waals surface area (Å²) in [7, 11) is 1.64. The minimum absolute atomic E-state index is 0.656. The molecule has 0 spiro atoms. The smallest absolute Gasteiger partial charge is 0.143 e. The Morgan fingerprint density at radius 2 is 1.75 bits per heavy atom. The van der Waals surface area contributed by atoms with Crippen molar-refractivity contribution in [3.8, 4) is 5.75 Å². The molecule has 3 nitrogen and oxygen atoms in total. The summed E-state index contributed by atoms with van der Waals surface area (Å²) in [5.41, 5.74) is 11.8. The maximum Gasteiger partial charge on any atom is 0.143 e. The Balaban J connectivity index is 1.96. The van der Waals surface area contributed by atoms with Crippen LogP contribution in [0.5, 0.6) is 5.75 Å². The van der Waals surface area contributed by atoms with E-state index in [0.29, 0.717) is 11.4 Å². The third-order valence-corrected chi connectivity index (χ3v) is 3.95. The van der Waals surface area contributed by atoms with Crippen molar-refractivity contribution >= 4 is 17.1 Å². The number of nitrogen functional groups attached to an aromatic ring is 1. The van der Waals surface area contributed by atoms with Crippen LogP contribution in [0.2, 0.25) is 0 Å². The molecule has 3 N–H and O–H groups in total. The van der Waals surface area contributed by atoms with Gasteiger partial charge in [0.1, 0.15) is 5.75 Å². The fourth-order valence-electron chi connectivity index (χ4n) is 2.87. The van der Waals surface area contributed by atoms with E-state index in [1.54, 1.807) is 7.11 Å². The second-order valence-electron chi connectivity index (χ2n) is 5.20. The Labute approximate surface area is 119 Å². The molecule has 0 aliphatic heterocycles. The maximum absolute atomic E-state index is 6.13. The van der Waals surface area contributed by atoms with Crippen LogP contribution in [-0.4, -0.2) is 7.11 Å². The van der Waals surface area contributed by atoms with Crippen molar-refractivity contribution in [2.24, 2.45) is 0 Å². The fourth-order valence-corrected chi connectivity index (χ4v) is 2.87. The Bertz CT molecular complexity index is 622. The van der Waals surface area contributed by atoms with Crippen molar-refractivity contribution in [2.45, 2.75) is 25.7 Å². The molecule has 20 heavy (non-hydrogen) atoms. The van der Waals surface area contributed by atoms with Gasteiger partial charge in [-0.15, -0.1) is 0 Å². The SMILES string of the molecule is COc1cccc(Nc2cccc3c2CCCC3)c1N. The zero-order valence-corrected chi connectivity index (χ0v) is 11.8. The van der Waals surface area contributed by atoms with Gasteiger partial charge in [0.2, 0.25) is 0 Å². The first-order valence-electron chi connectivity index (χ1n) is 7.10. The van der Waals surface area contributed by atoms with Gasteiger partial charge in [-0.3, -0.25) is 0 Å². The quantitative estimate of drug-likeness (QED) is 0.830. The zero-order valence-electron chi connectivity index (χ0n) is 11.8. The molecule has 2 aromatic carbocycles. The lowest BCUT2D eigenvalue weighted by molar-refractivity contribution is 0.417. The van der Waals surface area contributed by atoms with Crippen molar-refractivity contribution < 1.29 is 4.74 Å². The number of nitrogens with two attached hydrogens (primary N) is 1. The van der Waals surface area contributed by atoms with Gasteiger partial charge < -0.3 is 15.8 Å². The van der Waals surface area contributed by atoms with Crippen molar-refractivity contribution in [3.05, 3.63) is 47.5 Å². The van der Waals surface area contributed by atoms with Gasteiger partial charge in [0, 0.05) is 5.69 Å². The number of methoxy groups -OCH3 is 1. The largest absolute Gasteiger partial charge is 0.495 e. The van der Waals surface area contributed by atoms with Crippen LogP contribution in [-0.2, 0) is 12.8 Å². The molecule has 0 fully saturated rings.